The molecule has 4 heteroatoms. The van der Waals surface area contributed by atoms with Crippen LogP contribution in [0.4, 0.5) is 11.4 Å². The predicted octanol–water partition coefficient (Wildman–Crippen LogP) is 3.21. The third-order valence-corrected chi connectivity index (χ3v) is 4.55. The molecule has 0 aromatic heterocycles. The third kappa shape index (κ3) is 2.95. The second kappa shape index (κ2) is 6.56. The molecule has 21 heavy (non-hydrogen) atoms. The topological polar surface area (TPSA) is 47.7 Å². The van der Waals surface area contributed by atoms with Crippen LogP contribution in [-0.4, -0.2) is 31.9 Å². The Balaban J connectivity index is 1.84. The van der Waals surface area contributed by atoms with Gasteiger partial charge in [-0.25, -0.2) is 0 Å². The molecule has 1 heterocycles. The Hall–Kier alpha value is -1.42. The highest BCUT2D eigenvalue weighted by molar-refractivity contribution is 5.74. The molecule has 1 aliphatic heterocycles. The fourth-order valence-corrected chi connectivity index (χ4v) is 3.52. The second-order valence-corrected chi connectivity index (χ2v) is 5.99. The van der Waals surface area contributed by atoms with Gasteiger partial charge in [-0.3, -0.25) is 0 Å². The highest BCUT2D eigenvalue weighted by atomic mass is 16.5. The van der Waals surface area contributed by atoms with Crippen molar-refractivity contribution < 1.29 is 9.47 Å². The van der Waals surface area contributed by atoms with Crippen molar-refractivity contribution in [3.63, 3.8) is 0 Å². The first kappa shape index (κ1) is 14.5. The van der Waals surface area contributed by atoms with E-state index in [4.69, 9.17) is 15.2 Å². The van der Waals surface area contributed by atoms with E-state index in [0.717, 1.165) is 36.7 Å². The number of anilines is 2. The van der Waals surface area contributed by atoms with Gasteiger partial charge >= 0.3 is 0 Å². The predicted molar refractivity (Wildman–Crippen MR) is 86.0 cm³/mol. The molecule has 1 aromatic rings. The highest BCUT2D eigenvalue weighted by Crippen LogP contribution is 2.38. The minimum absolute atomic E-state index is 0.368. The molecular weight excluding hydrogens is 264 g/mol. The maximum Gasteiger partial charge on any atom is 0.144 e. The molecule has 1 aromatic carbocycles. The summed E-state index contributed by atoms with van der Waals surface area (Å²) < 4.78 is 11.7. The van der Waals surface area contributed by atoms with Gasteiger partial charge in [0.05, 0.1) is 36.7 Å². The molecule has 3 rings (SSSR count). The molecule has 4 nitrogen and oxygen atoms in total. The Labute approximate surface area is 127 Å². The summed E-state index contributed by atoms with van der Waals surface area (Å²) >= 11 is 0. The quantitative estimate of drug-likeness (QED) is 0.865. The monoisotopic (exact) mass is 290 g/mol. The second-order valence-electron chi connectivity index (χ2n) is 5.99. The van der Waals surface area contributed by atoms with Gasteiger partial charge in [0, 0.05) is 6.54 Å². The molecule has 0 spiro atoms. The van der Waals surface area contributed by atoms with Crippen LogP contribution < -0.4 is 15.4 Å². The minimum Gasteiger partial charge on any atom is -0.491 e. The number of fused-ring (bicyclic) bond motifs is 1. The molecule has 116 valence electrons. The highest BCUT2D eigenvalue weighted by Gasteiger charge is 2.35. The standard InChI is InChI=1S/C17H26N2O2/c1-2-11-20-16-9-5-7-14(17(16)18)19-10-12-21-15-8-4-3-6-13(15)19/h5,7,9,13,15H,2-4,6,8,10-12,18H2,1H3. The summed E-state index contributed by atoms with van der Waals surface area (Å²) in [5.74, 6) is 0.813. The lowest BCUT2D eigenvalue weighted by Crippen LogP contribution is -2.53. The van der Waals surface area contributed by atoms with E-state index in [2.05, 4.69) is 17.9 Å². The van der Waals surface area contributed by atoms with Crippen LogP contribution in [0.25, 0.3) is 0 Å². The van der Waals surface area contributed by atoms with Crippen LogP contribution in [-0.2, 0) is 4.74 Å². The van der Waals surface area contributed by atoms with Crippen LogP contribution in [0.15, 0.2) is 18.2 Å². The number of benzene rings is 1. The number of ether oxygens (including phenoxy) is 2. The van der Waals surface area contributed by atoms with Gasteiger partial charge in [-0.05, 0) is 31.4 Å². The van der Waals surface area contributed by atoms with Gasteiger partial charge in [0.2, 0.25) is 0 Å². The van der Waals surface area contributed by atoms with Crippen molar-refractivity contribution in [2.45, 2.75) is 51.2 Å². The van der Waals surface area contributed by atoms with Crippen LogP contribution in [0, 0.1) is 0 Å². The van der Waals surface area contributed by atoms with E-state index < -0.39 is 0 Å². The van der Waals surface area contributed by atoms with E-state index in [1.165, 1.54) is 25.7 Å². The van der Waals surface area contributed by atoms with Gasteiger partial charge < -0.3 is 20.1 Å². The number of rotatable bonds is 4. The number of morpholine rings is 1. The van der Waals surface area contributed by atoms with Crippen molar-refractivity contribution in [1.82, 2.24) is 0 Å². The zero-order valence-electron chi connectivity index (χ0n) is 12.9. The molecule has 0 bridgehead atoms. The van der Waals surface area contributed by atoms with Gasteiger partial charge in [-0.2, -0.15) is 0 Å². The van der Waals surface area contributed by atoms with Crippen LogP contribution in [0.3, 0.4) is 0 Å². The van der Waals surface area contributed by atoms with E-state index in [1.54, 1.807) is 0 Å². The zero-order valence-corrected chi connectivity index (χ0v) is 12.9. The molecule has 2 N–H and O–H groups in total. The lowest BCUT2D eigenvalue weighted by Gasteiger charge is -2.45. The maximum absolute atomic E-state index is 6.37. The first-order valence-corrected chi connectivity index (χ1v) is 8.20. The molecule has 2 unspecified atom stereocenters. The van der Waals surface area contributed by atoms with Gasteiger partial charge in [-0.1, -0.05) is 25.8 Å². The Morgan fingerprint density at radius 1 is 1.33 bits per heavy atom. The summed E-state index contributed by atoms with van der Waals surface area (Å²) in [6.45, 7) is 4.53. The van der Waals surface area contributed by atoms with Crippen molar-refractivity contribution in [2.24, 2.45) is 0 Å². The molecule has 2 atom stereocenters. The van der Waals surface area contributed by atoms with E-state index in [1.807, 2.05) is 12.1 Å². The van der Waals surface area contributed by atoms with E-state index in [0.29, 0.717) is 18.8 Å². The SMILES string of the molecule is CCCOc1cccc(N2CCOC3CCCCC32)c1N. The summed E-state index contributed by atoms with van der Waals surface area (Å²) in [4.78, 5) is 2.45. The maximum atomic E-state index is 6.37. The van der Waals surface area contributed by atoms with Gasteiger partial charge in [-0.15, -0.1) is 0 Å². The van der Waals surface area contributed by atoms with Crippen LogP contribution in [0.5, 0.6) is 5.75 Å². The number of nitrogens with two attached hydrogens (primary N) is 1. The van der Waals surface area contributed by atoms with Crippen LogP contribution in [0.1, 0.15) is 39.0 Å². The summed E-state index contributed by atoms with van der Waals surface area (Å²) in [6, 6.07) is 6.60. The number of nitrogens with zero attached hydrogens (tertiary/aromatic N) is 1. The number of nitrogen functional groups attached to an aromatic ring is 1. The first-order chi connectivity index (χ1) is 10.3. The fraction of sp³-hybridized carbons (Fsp3) is 0.647. The first-order valence-electron chi connectivity index (χ1n) is 8.20. The van der Waals surface area contributed by atoms with Crippen LogP contribution in [0.2, 0.25) is 0 Å². The summed E-state index contributed by atoms with van der Waals surface area (Å²) in [7, 11) is 0. The van der Waals surface area contributed by atoms with Crippen molar-refractivity contribution >= 4 is 11.4 Å². The van der Waals surface area contributed by atoms with Gasteiger partial charge in [0.1, 0.15) is 5.75 Å². The van der Waals surface area contributed by atoms with Crippen molar-refractivity contribution in [2.75, 3.05) is 30.4 Å². The molecule has 1 saturated carbocycles. The van der Waals surface area contributed by atoms with Crippen LogP contribution >= 0.6 is 0 Å². The van der Waals surface area contributed by atoms with Gasteiger partial charge in [0.25, 0.3) is 0 Å². The zero-order chi connectivity index (χ0) is 14.7. The lowest BCUT2D eigenvalue weighted by molar-refractivity contribution is -0.00863. The number of para-hydroxylation sites is 1. The molecule has 0 amide bonds. The third-order valence-electron chi connectivity index (χ3n) is 4.55. The molecular formula is C17H26N2O2. The minimum atomic E-state index is 0.368. The van der Waals surface area contributed by atoms with Crippen molar-refractivity contribution in [3.8, 4) is 5.75 Å². The average molecular weight is 290 g/mol. The fourth-order valence-electron chi connectivity index (χ4n) is 3.52. The summed E-state index contributed by atoms with van der Waals surface area (Å²) in [5.41, 5.74) is 8.26. The lowest BCUT2D eigenvalue weighted by atomic mass is 9.89. The molecule has 2 aliphatic rings. The van der Waals surface area contributed by atoms with Crippen molar-refractivity contribution in [1.29, 1.82) is 0 Å². The normalized spacial score (nSPS) is 25.5. The molecule has 0 radical (unpaired) electrons. The Bertz CT molecular complexity index is 476. The number of hydrogen-bond donors (Lipinski definition) is 1. The van der Waals surface area contributed by atoms with E-state index in [-0.39, 0.29) is 0 Å². The summed E-state index contributed by atoms with van der Waals surface area (Å²) in [6.07, 6.45) is 6.30. The van der Waals surface area contributed by atoms with E-state index >= 15 is 0 Å². The molecule has 1 saturated heterocycles. The molecule has 1 aliphatic carbocycles. The smallest absolute Gasteiger partial charge is 0.144 e. The van der Waals surface area contributed by atoms with E-state index in [9.17, 15) is 0 Å². The number of hydrogen-bond acceptors (Lipinski definition) is 4. The Morgan fingerprint density at radius 3 is 3.05 bits per heavy atom. The van der Waals surface area contributed by atoms with Crippen molar-refractivity contribution in [3.05, 3.63) is 18.2 Å². The molecule has 2 fully saturated rings. The summed E-state index contributed by atoms with van der Waals surface area (Å²) in [5, 5.41) is 0. The average Bonchev–Trinajstić information content (AvgIpc) is 2.53. The van der Waals surface area contributed by atoms with Gasteiger partial charge in [0.15, 0.2) is 0 Å². The largest absolute Gasteiger partial charge is 0.491 e. The Morgan fingerprint density at radius 2 is 2.19 bits per heavy atom. The Kier molecular flexibility index (Phi) is 4.54.